The highest BCUT2D eigenvalue weighted by atomic mass is 16.3. The molecule has 13 heavy (non-hydrogen) atoms. The summed E-state index contributed by atoms with van der Waals surface area (Å²) in [6, 6.07) is 1.92. The van der Waals surface area contributed by atoms with Crippen molar-refractivity contribution >= 4 is 0 Å². The molecule has 0 atom stereocenters. The lowest BCUT2D eigenvalue weighted by Crippen LogP contribution is -2.01. The highest BCUT2D eigenvalue weighted by molar-refractivity contribution is 5.10. The van der Waals surface area contributed by atoms with E-state index in [9.17, 15) is 0 Å². The fourth-order valence-corrected chi connectivity index (χ4v) is 1.15. The summed E-state index contributed by atoms with van der Waals surface area (Å²) in [5.41, 5.74) is 0.922. The SMILES string of the molecule is Cn1ccc(Cn2cc(O)cn2)n1. The van der Waals surface area contributed by atoms with Crippen LogP contribution in [0.15, 0.2) is 24.7 Å². The second-order valence-corrected chi connectivity index (χ2v) is 2.88. The topological polar surface area (TPSA) is 55.9 Å². The van der Waals surface area contributed by atoms with E-state index in [0.717, 1.165) is 5.69 Å². The molecule has 0 spiro atoms. The Kier molecular flexibility index (Phi) is 1.77. The molecule has 0 saturated heterocycles. The zero-order valence-electron chi connectivity index (χ0n) is 7.25. The molecule has 0 radical (unpaired) electrons. The highest BCUT2D eigenvalue weighted by Crippen LogP contribution is 2.06. The molecule has 5 heteroatoms. The van der Waals surface area contributed by atoms with E-state index in [1.807, 2.05) is 19.3 Å². The van der Waals surface area contributed by atoms with Crippen LogP contribution in [0.1, 0.15) is 5.69 Å². The Morgan fingerprint density at radius 1 is 1.54 bits per heavy atom. The van der Waals surface area contributed by atoms with Crippen LogP contribution >= 0.6 is 0 Å². The fraction of sp³-hybridized carbons (Fsp3) is 0.250. The smallest absolute Gasteiger partial charge is 0.153 e. The van der Waals surface area contributed by atoms with Crippen molar-refractivity contribution in [3.05, 3.63) is 30.4 Å². The van der Waals surface area contributed by atoms with Gasteiger partial charge in [0.2, 0.25) is 0 Å². The lowest BCUT2D eigenvalue weighted by atomic mass is 10.4. The Morgan fingerprint density at radius 3 is 2.92 bits per heavy atom. The van der Waals surface area contributed by atoms with Gasteiger partial charge in [0, 0.05) is 13.2 Å². The highest BCUT2D eigenvalue weighted by Gasteiger charge is 1.99. The molecule has 0 fully saturated rings. The predicted octanol–water partition coefficient (Wildman–Crippen LogP) is 0.370. The van der Waals surface area contributed by atoms with Gasteiger partial charge in [-0.05, 0) is 6.07 Å². The van der Waals surface area contributed by atoms with Gasteiger partial charge in [0.1, 0.15) is 0 Å². The maximum Gasteiger partial charge on any atom is 0.153 e. The van der Waals surface area contributed by atoms with Crippen molar-refractivity contribution in [2.75, 3.05) is 0 Å². The van der Waals surface area contributed by atoms with Gasteiger partial charge >= 0.3 is 0 Å². The van der Waals surface area contributed by atoms with E-state index >= 15 is 0 Å². The Labute approximate surface area is 75.2 Å². The number of aromatic nitrogens is 4. The molecule has 2 heterocycles. The first-order valence-corrected chi connectivity index (χ1v) is 3.94. The lowest BCUT2D eigenvalue weighted by Gasteiger charge is -1.95. The molecule has 0 aliphatic heterocycles. The number of aryl methyl sites for hydroxylation is 1. The van der Waals surface area contributed by atoms with Crippen LogP contribution in [0.4, 0.5) is 0 Å². The minimum atomic E-state index is 0.177. The maximum atomic E-state index is 9.03. The third-order valence-corrected chi connectivity index (χ3v) is 1.71. The van der Waals surface area contributed by atoms with Gasteiger partial charge in [0.25, 0.3) is 0 Å². The summed E-state index contributed by atoms with van der Waals surface area (Å²) in [4.78, 5) is 0. The van der Waals surface area contributed by atoms with Crippen molar-refractivity contribution in [2.45, 2.75) is 6.54 Å². The average Bonchev–Trinajstić information content (AvgIpc) is 2.62. The summed E-state index contributed by atoms with van der Waals surface area (Å²) < 4.78 is 3.37. The average molecular weight is 178 g/mol. The van der Waals surface area contributed by atoms with Crippen LogP contribution < -0.4 is 0 Å². The molecule has 0 aliphatic rings. The second-order valence-electron chi connectivity index (χ2n) is 2.88. The van der Waals surface area contributed by atoms with E-state index in [4.69, 9.17) is 5.11 Å². The maximum absolute atomic E-state index is 9.03. The van der Waals surface area contributed by atoms with Crippen LogP contribution in [0.25, 0.3) is 0 Å². The second kappa shape index (κ2) is 2.93. The molecule has 0 unspecified atom stereocenters. The molecule has 2 aromatic rings. The first-order chi connectivity index (χ1) is 6.24. The zero-order valence-corrected chi connectivity index (χ0v) is 7.25. The molecule has 0 aliphatic carbocycles. The van der Waals surface area contributed by atoms with E-state index in [1.165, 1.54) is 6.20 Å². The molecule has 0 bridgehead atoms. The quantitative estimate of drug-likeness (QED) is 0.722. The molecule has 0 aromatic carbocycles. The molecule has 68 valence electrons. The van der Waals surface area contributed by atoms with Crippen molar-refractivity contribution in [1.29, 1.82) is 0 Å². The van der Waals surface area contributed by atoms with E-state index in [0.29, 0.717) is 6.54 Å². The van der Waals surface area contributed by atoms with E-state index in [2.05, 4.69) is 10.2 Å². The first kappa shape index (κ1) is 7.85. The monoisotopic (exact) mass is 178 g/mol. The summed E-state index contributed by atoms with van der Waals surface area (Å²) in [5.74, 6) is 0.177. The third kappa shape index (κ3) is 1.69. The Hall–Kier alpha value is -1.78. The summed E-state index contributed by atoms with van der Waals surface area (Å²) in [5, 5.41) is 17.2. The number of aromatic hydroxyl groups is 1. The summed E-state index contributed by atoms with van der Waals surface area (Å²) >= 11 is 0. The lowest BCUT2D eigenvalue weighted by molar-refractivity contribution is 0.474. The fourth-order valence-electron chi connectivity index (χ4n) is 1.15. The molecular weight excluding hydrogens is 168 g/mol. The normalized spacial score (nSPS) is 10.5. The van der Waals surface area contributed by atoms with Gasteiger partial charge < -0.3 is 5.11 Å². The minimum absolute atomic E-state index is 0.177. The Balaban J connectivity index is 2.14. The third-order valence-electron chi connectivity index (χ3n) is 1.71. The van der Waals surface area contributed by atoms with Gasteiger partial charge in [-0.25, -0.2) is 0 Å². The van der Waals surface area contributed by atoms with Gasteiger partial charge in [-0.15, -0.1) is 0 Å². The van der Waals surface area contributed by atoms with Crippen LogP contribution in [0.2, 0.25) is 0 Å². The summed E-state index contributed by atoms with van der Waals surface area (Å²) in [6.45, 7) is 0.585. The largest absolute Gasteiger partial charge is 0.505 e. The predicted molar refractivity (Wildman–Crippen MR) is 46.2 cm³/mol. The van der Waals surface area contributed by atoms with Gasteiger partial charge in [0.15, 0.2) is 5.75 Å². The van der Waals surface area contributed by atoms with Crippen LogP contribution in [-0.2, 0) is 13.6 Å². The zero-order chi connectivity index (χ0) is 9.26. The van der Waals surface area contributed by atoms with Gasteiger partial charge in [0.05, 0.1) is 24.6 Å². The molecular formula is C8H10N4O. The first-order valence-electron chi connectivity index (χ1n) is 3.94. The summed E-state index contributed by atoms with van der Waals surface area (Å²) in [6.07, 6.45) is 4.84. The van der Waals surface area contributed by atoms with E-state index in [1.54, 1.807) is 15.6 Å². The summed E-state index contributed by atoms with van der Waals surface area (Å²) in [7, 11) is 1.87. The van der Waals surface area contributed by atoms with Crippen molar-refractivity contribution in [3.8, 4) is 5.75 Å². The minimum Gasteiger partial charge on any atom is -0.505 e. The molecule has 0 amide bonds. The molecule has 1 N–H and O–H groups in total. The Bertz CT molecular complexity index is 365. The standard InChI is InChI=1S/C8H10N4O/c1-11-3-2-7(10-11)5-12-6-8(13)4-9-12/h2-4,6,13H,5H2,1H3. The van der Waals surface area contributed by atoms with E-state index < -0.39 is 0 Å². The number of rotatable bonds is 2. The van der Waals surface area contributed by atoms with Crippen molar-refractivity contribution in [2.24, 2.45) is 7.05 Å². The molecule has 0 saturated carbocycles. The van der Waals surface area contributed by atoms with Crippen LogP contribution in [-0.4, -0.2) is 24.7 Å². The van der Waals surface area contributed by atoms with Crippen molar-refractivity contribution < 1.29 is 5.11 Å². The van der Waals surface area contributed by atoms with Gasteiger partial charge in [-0.1, -0.05) is 0 Å². The van der Waals surface area contributed by atoms with Crippen LogP contribution in [0.3, 0.4) is 0 Å². The van der Waals surface area contributed by atoms with Crippen LogP contribution in [0.5, 0.6) is 5.75 Å². The molecule has 5 nitrogen and oxygen atoms in total. The van der Waals surface area contributed by atoms with E-state index in [-0.39, 0.29) is 5.75 Å². The molecule has 2 aromatic heterocycles. The van der Waals surface area contributed by atoms with Gasteiger partial charge in [-0.3, -0.25) is 9.36 Å². The Morgan fingerprint density at radius 2 is 2.38 bits per heavy atom. The number of hydrogen-bond donors (Lipinski definition) is 1. The number of hydrogen-bond acceptors (Lipinski definition) is 3. The van der Waals surface area contributed by atoms with Gasteiger partial charge in [-0.2, -0.15) is 10.2 Å². The van der Waals surface area contributed by atoms with Crippen molar-refractivity contribution in [3.63, 3.8) is 0 Å². The van der Waals surface area contributed by atoms with Crippen LogP contribution in [0, 0.1) is 0 Å². The number of nitrogens with zero attached hydrogens (tertiary/aromatic N) is 4. The molecule has 2 rings (SSSR count). The van der Waals surface area contributed by atoms with Crippen molar-refractivity contribution in [1.82, 2.24) is 19.6 Å².